The van der Waals surface area contributed by atoms with Crippen LogP contribution in [0.5, 0.6) is 11.5 Å². The summed E-state index contributed by atoms with van der Waals surface area (Å²) >= 11 is 0. The van der Waals surface area contributed by atoms with E-state index >= 15 is 0 Å². The lowest BCUT2D eigenvalue weighted by molar-refractivity contribution is -0.759. The number of quaternary nitrogens is 1. The number of hydrogen-bond donors (Lipinski definition) is 7. The van der Waals surface area contributed by atoms with E-state index in [1.165, 1.54) is 18.2 Å². The van der Waals surface area contributed by atoms with Gasteiger partial charge in [-0.25, -0.2) is 9.78 Å². The third-order valence-electron chi connectivity index (χ3n) is 11.2. The fraction of sp³-hybridized carbons (Fsp3) is 0.487. The van der Waals surface area contributed by atoms with E-state index in [1.54, 1.807) is 31.3 Å². The molecule has 2 aromatic carbocycles. The third kappa shape index (κ3) is 6.83. The molecule has 1 aliphatic carbocycles. The molecule has 3 aliphatic heterocycles. The highest BCUT2D eigenvalue weighted by molar-refractivity contribution is 6.07. The number of phenols is 1. The molecule has 13 nitrogen and oxygen atoms in total. The van der Waals surface area contributed by atoms with Gasteiger partial charge in [-0.05, 0) is 56.5 Å². The molecule has 0 spiro atoms. The zero-order valence-electron chi connectivity index (χ0n) is 29.3. The SMILES string of the molecule is Cc1cc(=O)c2cc3c(c([NH+]4C=C5C=CN=C5C4)c2o1)O[C@](C)(C1CCCCC1)[C@H](OOC[C@@](O)(Cc1ccc(O)cc1)[C@@H](O)[C@H](O)[C@H](O)CO)C3. The number of benzene rings is 2. The van der Waals surface area contributed by atoms with Crippen molar-refractivity contribution in [2.45, 2.75) is 94.4 Å². The Morgan fingerprint density at radius 2 is 1.87 bits per heavy atom. The Bertz CT molecular complexity index is 1950. The summed E-state index contributed by atoms with van der Waals surface area (Å²) in [6.07, 6.45) is 4.40. The molecule has 0 radical (unpaired) electrons. The van der Waals surface area contributed by atoms with Gasteiger partial charge in [0.2, 0.25) is 11.3 Å². The van der Waals surface area contributed by atoms with E-state index in [1.807, 2.05) is 13.0 Å². The predicted octanol–water partition coefficient (Wildman–Crippen LogP) is 1.83. The summed E-state index contributed by atoms with van der Waals surface area (Å²) in [7, 11) is 0. The van der Waals surface area contributed by atoms with E-state index in [0.717, 1.165) is 59.5 Å². The Balaban J connectivity index is 1.24. The molecule has 7 rings (SSSR count). The summed E-state index contributed by atoms with van der Waals surface area (Å²) < 4.78 is 13.4. The van der Waals surface area contributed by atoms with Crippen molar-refractivity contribution in [3.63, 3.8) is 0 Å². The van der Waals surface area contributed by atoms with Crippen LogP contribution in [0.2, 0.25) is 0 Å². The number of aliphatic imine (C=N–C) groups is 1. The number of ether oxygens (including phenoxy) is 1. The number of aliphatic hydroxyl groups is 5. The number of nitrogens with one attached hydrogen (secondary N) is 1. The first-order valence-corrected chi connectivity index (χ1v) is 17.9. The highest BCUT2D eigenvalue weighted by atomic mass is 17.2. The van der Waals surface area contributed by atoms with Crippen molar-refractivity contribution in [2.24, 2.45) is 10.9 Å². The number of allylic oxidation sites excluding steroid dienone is 1. The zero-order valence-corrected chi connectivity index (χ0v) is 29.3. The number of aryl methyl sites for hydroxylation is 1. The molecule has 0 bridgehead atoms. The van der Waals surface area contributed by atoms with Crippen LogP contribution in [-0.2, 0) is 22.6 Å². The number of aliphatic hydroxyl groups excluding tert-OH is 4. The molecular formula is C39H47N2O11+. The maximum Gasteiger partial charge on any atom is 0.222 e. The van der Waals surface area contributed by atoms with Crippen LogP contribution in [0.4, 0.5) is 5.69 Å². The summed E-state index contributed by atoms with van der Waals surface area (Å²) in [6.45, 7) is 2.82. The topological polar surface area (TPSA) is 196 Å². The lowest BCUT2D eigenvalue weighted by Gasteiger charge is -2.47. The Labute approximate surface area is 300 Å². The Morgan fingerprint density at radius 3 is 2.58 bits per heavy atom. The second-order valence-electron chi connectivity index (χ2n) is 14.8. The Morgan fingerprint density at radius 1 is 1.12 bits per heavy atom. The van der Waals surface area contributed by atoms with Gasteiger partial charge in [0, 0.05) is 36.6 Å². The molecule has 7 atom stereocenters. The van der Waals surface area contributed by atoms with Gasteiger partial charge in [0.25, 0.3) is 0 Å². The Kier molecular flexibility index (Phi) is 10.1. The van der Waals surface area contributed by atoms with Crippen LogP contribution in [0, 0.1) is 12.8 Å². The van der Waals surface area contributed by atoms with Gasteiger partial charge >= 0.3 is 0 Å². The normalized spacial score (nSPS) is 25.8. The zero-order chi connectivity index (χ0) is 36.8. The average Bonchev–Trinajstić information content (AvgIpc) is 3.75. The quantitative estimate of drug-likeness (QED) is 0.107. The van der Waals surface area contributed by atoms with Crippen molar-refractivity contribution in [2.75, 3.05) is 19.8 Å². The fourth-order valence-electron chi connectivity index (χ4n) is 8.14. The van der Waals surface area contributed by atoms with Gasteiger partial charge in [-0.3, -0.25) is 14.7 Å². The maximum absolute atomic E-state index is 13.4. The van der Waals surface area contributed by atoms with E-state index in [4.69, 9.17) is 18.9 Å². The van der Waals surface area contributed by atoms with E-state index in [2.05, 4.69) is 11.2 Å². The number of nitrogens with zero attached hydrogens (tertiary/aromatic N) is 1. The molecule has 4 aliphatic rings. The highest BCUT2D eigenvalue weighted by Crippen LogP contribution is 2.48. The smallest absolute Gasteiger partial charge is 0.222 e. The molecule has 4 heterocycles. The van der Waals surface area contributed by atoms with Crippen LogP contribution >= 0.6 is 0 Å². The van der Waals surface area contributed by atoms with Crippen molar-refractivity contribution >= 4 is 22.4 Å². The van der Waals surface area contributed by atoms with Gasteiger partial charge in [0.15, 0.2) is 11.2 Å². The van der Waals surface area contributed by atoms with Gasteiger partial charge in [0.05, 0.1) is 17.6 Å². The Hall–Kier alpha value is -3.92. The number of aromatic hydroxyl groups is 1. The van der Waals surface area contributed by atoms with Crippen LogP contribution in [0.25, 0.3) is 11.0 Å². The lowest BCUT2D eigenvalue weighted by Crippen LogP contribution is -3.01. The molecule has 13 heteroatoms. The van der Waals surface area contributed by atoms with Crippen molar-refractivity contribution < 1.29 is 54.5 Å². The van der Waals surface area contributed by atoms with Gasteiger partial charge in [-0.1, -0.05) is 31.4 Å². The van der Waals surface area contributed by atoms with E-state index < -0.39 is 48.8 Å². The average molecular weight is 720 g/mol. The standard InChI is InChI=1S/C39H46N2O11/c1-22-14-30(44)28-15-25-16-32(52-49-21-39(48,37(47)34(46)31(45)20-42)17-23-8-10-27(43)11-9-23)38(2,26-6-4-3-5-7-26)51-35(25)33(36(28)50-22)41-18-24-12-13-40-29(24)19-41/h8-15,18,26,31-32,34,37,42-43,45-48H,3-7,16-17,19-21H2,1-2H3/p+1/t31-,32-,34-,37+,38-,39+/m1/s1. The van der Waals surface area contributed by atoms with Crippen LogP contribution in [0.15, 0.2) is 74.7 Å². The molecule has 0 amide bonds. The molecule has 1 saturated carbocycles. The van der Waals surface area contributed by atoms with Crippen LogP contribution in [0.1, 0.15) is 55.9 Å². The van der Waals surface area contributed by atoms with Gasteiger partial charge < -0.3 is 39.8 Å². The minimum Gasteiger partial charge on any atom is -0.508 e. The van der Waals surface area contributed by atoms with Crippen LogP contribution < -0.4 is 15.1 Å². The number of hydrogen-bond acceptors (Lipinski definition) is 12. The van der Waals surface area contributed by atoms with Gasteiger partial charge in [-0.15, -0.1) is 0 Å². The highest BCUT2D eigenvalue weighted by Gasteiger charge is 2.52. The first kappa shape index (κ1) is 36.4. The maximum atomic E-state index is 13.4. The van der Waals surface area contributed by atoms with Crippen molar-refractivity contribution in [1.29, 1.82) is 0 Å². The van der Waals surface area contributed by atoms with E-state index in [0.29, 0.717) is 34.6 Å². The molecule has 7 N–H and O–H groups in total. The molecule has 0 saturated heterocycles. The molecule has 3 aromatic rings. The molecule has 1 fully saturated rings. The first-order chi connectivity index (χ1) is 24.9. The fourth-order valence-corrected chi connectivity index (χ4v) is 8.14. The van der Waals surface area contributed by atoms with E-state index in [-0.39, 0.29) is 29.9 Å². The van der Waals surface area contributed by atoms with Crippen molar-refractivity contribution in [1.82, 2.24) is 0 Å². The summed E-state index contributed by atoms with van der Waals surface area (Å²) in [6, 6.07) is 9.18. The van der Waals surface area contributed by atoms with Crippen LogP contribution in [-0.4, -0.2) is 91.7 Å². The third-order valence-corrected chi connectivity index (χ3v) is 11.2. The van der Waals surface area contributed by atoms with Gasteiger partial charge in [0.1, 0.15) is 72.2 Å². The van der Waals surface area contributed by atoms with Crippen LogP contribution in [0.3, 0.4) is 0 Å². The minimum absolute atomic E-state index is 0.00278. The largest absolute Gasteiger partial charge is 0.508 e. The summed E-state index contributed by atoms with van der Waals surface area (Å²) in [5.74, 6) is 1.17. The summed E-state index contributed by atoms with van der Waals surface area (Å²) in [5, 5.41) is 63.3. The van der Waals surface area contributed by atoms with Crippen molar-refractivity contribution in [3.05, 3.63) is 87.6 Å². The summed E-state index contributed by atoms with van der Waals surface area (Å²) in [4.78, 5) is 30.9. The second kappa shape index (κ2) is 14.5. The molecule has 1 unspecified atom stereocenters. The second-order valence-corrected chi connectivity index (χ2v) is 14.8. The predicted molar refractivity (Wildman–Crippen MR) is 189 cm³/mol. The molecule has 1 aromatic heterocycles. The number of fused-ring (bicyclic) bond motifs is 3. The van der Waals surface area contributed by atoms with Gasteiger partial charge in [-0.2, -0.15) is 0 Å². The number of phenolic OH excluding ortho intramolecular Hbond substituents is 1. The summed E-state index contributed by atoms with van der Waals surface area (Å²) in [5.41, 5.74) is 1.02. The first-order valence-electron chi connectivity index (χ1n) is 17.9. The molecule has 52 heavy (non-hydrogen) atoms. The molecular weight excluding hydrogens is 672 g/mol. The van der Waals surface area contributed by atoms with Crippen molar-refractivity contribution in [3.8, 4) is 11.5 Å². The number of rotatable bonds is 12. The molecule has 278 valence electrons. The minimum atomic E-state index is -2.21. The van der Waals surface area contributed by atoms with E-state index in [9.17, 15) is 35.4 Å². The monoisotopic (exact) mass is 719 g/mol. The lowest BCUT2D eigenvalue weighted by atomic mass is 9.72.